The van der Waals surface area contributed by atoms with E-state index in [4.69, 9.17) is 4.98 Å². The van der Waals surface area contributed by atoms with Crippen LogP contribution >= 0.6 is 11.3 Å². The Morgan fingerprint density at radius 1 is 1.00 bits per heavy atom. The number of thiophene rings is 1. The molecule has 3 N–H and O–H groups in total. The van der Waals surface area contributed by atoms with Crippen LogP contribution in [0.3, 0.4) is 0 Å². The molecule has 0 aliphatic carbocycles. The molecule has 0 atom stereocenters. The molecular weight excluding hydrogens is 442 g/mol. The van der Waals surface area contributed by atoms with Crippen molar-refractivity contribution >= 4 is 39.1 Å². The lowest BCUT2D eigenvalue weighted by molar-refractivity contribution is 0.898. The fourth-order valence-corrected chi connectivity index (χ4v) is 5.07. The van der Waals surface area contributed by atoms with Gasteiger partial charge in [-0.3, -0.25) is 10.1 Å². The Bertz CT molecular complexity index is 1640. The summed E-state index contributed by atoms with van der Waals surface area (Å²) in [5, 5.41) is 11.9. The highest BCUT2D eigenvalue weighted by Crippen LogP contribution is 2.35. The number of anilines is 1. The third kappa shape index (κ3) is 3.62. The predicted octanol–water partition coefficient (Wildman–Crippen LogP) is 6.42. The number of hydrogen-bond acceptors (Lipinski definition) is 6. The molecule has 6 rings (SSSR count). The number of benzene rings is 1. The largest absolute Gasteiger partial charge is 0.382 e. The zero-order valence-electron chi connectivity index (χ0n) is 19.0. The lowest BCUT2D eigenvalue weighted by atomic mass is 10.1. The minimum absolute atomic E-state index is 0.328. The van der Waals surface area contributed by atoms with Crippen LogP contribution in [-0.4, -0.2) is 36.2 Å². The van der Waals surface area contributed by atoms with Crippen molar-refractivity contribution in [2.45, 2.75) is 26.8 Å². The Labute approximate surface area is 200 Å². The number of pyridine rings is 2. The Morgan fingerprint density at radius 3 is 2.71 bits per heavy atom. The summed E-state index contributed by atoms with van der Waals surface area (Å²) in [6, 6.07) is 15.0. The molecule has 6 aromatic rings. The number of aromatic amines is 2. The minimum atomic E-state index is 0.328. The van der Waals surface area contributed by atoms with E-state index in [1.165, 1.54) is 9.75 Å². The van der Waals surface area contributed by atoms with Crippen molar-refractivity contribution in [1.29, 1.82) is 0 Å². The fourth-order valence-electron chi connectivity index (χ4n) is 4.18. The van der Waals surface area contributed by atoms with Gasteiger partial charge in [0.25, 0.3) is 0 Å². The SMILES string of the molecule is Cc1ccc(-c2cccc3[nH]c(-c4[nH]nc5ncc(-c6cncc(NC(C)C)c6)cc45)nc23)s1. The molecule has 5 aromatic heterocycles. The highest BCUT2D eigenvalue weighted by atomic mass is 32.1. The van der Waals surface area contributed by atoms with Gasteiger partial charge < -0.3 is 10.3 Å². The number of imidazole rings is 1. The van der Waals surface area contributed by atoms with E-state index in [1.807, 2.05) is 18.6 Å². The molecule has 0 bridgehead atoms. The molecular formula is C26H23N7S. The van der Waals surface area contributed by atoms with Gasteiger partial charge in [0, 0.05) is 51.1 Å². The van der Waals surface area contributed by atoms with Crippen LogP contribution in [0.1, 0.15) is 18.7 Å². The van der Waals surface area contributed by atoms with Crippen LogP contribution < -0.4 is 5.32 Å². The standard InChI is InChI=1S/C26H23N7S/c1-14(2)29-18-9-16(11-27-13-18)17-10-20-24(32-33-25(20)28-12-17)26-30-21-6-4-5-19(23(21)31-26)22-8-7-15(3)34-22/h4-14,29H,1-3H3,(H,30,31)(H,28,32,33). The summed E-state index contributed by atoms with van der Waals surface area (Å²) in [7, 11) is 0. The van der Waals surface area contributed by atoms with Gasteiger partial charge in [-0.2, -0.15) is 5.10 Å². The number of hydrogen-bond donors (Lipinski definition) is 3. The van der Waals surface area contributed by atoms with Crippen molar-refractivity contribution in [3.63, 3.8) is 0 Å². The average Bonchev–Trinajstić information content (AvgIpc) is 3.55. The third-order valence-corrected chi connectivity index (χ3v) is 6.73. The number of fused-ring (bicyclic) bond motifs is 2. The first kappa shape index (κ1) is 20.6. The molecule has 0 fully saturated rings. The predicted molar refractivity (Wildman–Crippen MR) is 139 cm³/mol. The average molecular weight is 466 g/mol. The fraction of sp³-hybridized carbons (Fsp3) is 0.154. The van der Waals surface area contributed by atoms with Crippen molar-refractivity contribution in [2.24, 2.45) is 0 Å². The number of aromatic nitrogens is 6. The van der Waals surface area contributed by atoms with Crippen LogP contribution in [0.4, 0.5) is 5.69 Å². The van der Waals surface area contributed by atoms with Gasteiger partial charge in [-0.05, 0) is 51.1 Å². The van der Waals surface area contributed by atoms with Crippen molar-refractivity contribution in [3.8, 4) is 33.1 Å². The quantitative estimate of drug-likeness (QED) is 0.273. The summed E-state index contributed by atoms with van der Waals surface area (Å²) in [4.78, 5) is 19.9. The maximum atomic E-state index is 4.97. The van der Waals surface area contributed by atoms with E-state index >= 15 is 0 Å². The van der Waals surface area contributed by atoms with Crippen molar-refractivity contribution in [2.75, 3.05) is 5.32 Å². The van der Waals surface area contributed by atoms with E-state index in [0.717, 1.165) is 50.3 Å². The number of H-pyrrole nitrogens is 2. The van der Waals surface area contributed by atoms with Crippen LogP contribution in [0, 0.1) is 6.92 Å². The molecule has 7 nitrogen and oxygen atoms in total. The molecule has 168 valence electrons. The number of para-hydroxylation sites is 1. The smallest absolute Gasteiger partial charge is 0.181 e. The molecule has 34 heavy (non-hydrogen) atoms. The van der Waals surface area contributed by atoms with Crippen LogP contribution in [0.2, 0.25) is 0 Å². The van der Waals surface area contributed by atoms with Crippen LogP contribution in [0.5, 0.6) is 0 Å². The van der Waals surface area contributed by atoms with E-state index < -0.39 is 0 Å². The van der Waals surface area contributed by atoms with Crippen molar-refractivity contribution in [1.82, 2.24) is 30.1 Å². The van der Waals surface area contributed by atoms with E-state index in [0.29, 0.717) is 11.7 Å². The van der Waals surface area contributed by atoms with Gasteiger partial charge in [0.2, 0.25) is 0 Å². The third-order valence-electron chi connectivity index (χ3n) is 5.69. The zero-order valence-corrected chi connectivity index (χ0v) is 19.9. The van der Waals surface area contributed by atoms with Gasteiger partial charge in [-0.15, -0.1) is 11.3 Å². The lowest BCUT2D eigenvalue weighted by Gasteiger charge is -2.10. The number of rotatable bonds is 5. The molecule has 0 radical (unpaired) electrons. The number of aryl methyl sites for hydroxylation is 1. The Kier molecular flexibility index (Phi) is 4.88. The molecule has 0 saturated heterocycles. The van der Waals surface area contributed by atoms with Gasteiger partial charge in [0.1, 0.15) is 5.69 Å². The second-order valence-corrected chi connectivity index (χ2v) is 9.94. The van der Waals surface area contributed by atoms with E-state index in [1.54, 1.807) is 11.3 Å². The molecule has 0 spiro atoms. The van der Waals surface area contributed by atoms with Crippen molar-refractivity contribution < 1.29 is 0 Å². The highest BCUT2D eigenvalue weighted by Gasteiger charge is 2.16. The molecule has 0 amide bonds. The summed E-state index contributed by atoms with van der Waals surface area (Å²) in [5.74, 6) is 0.741. The second-order valence-electron chi connectivity index (χ2n) is 8.65. The summed E-state index contributed by atoms with van der Waals surface area (Å²) in [5.41, 5.74) is 7.48. The van der Waals surface area contributed by atoms with Gasteiger partial charge in [0.15, 0.2) is 11.5 Å². The molecule has 0 aliphatic rings. The molecule has 1 aromatic carbocycles. The van der Waals surface area contributed by atoms with Crippen LogP contribution in [0.25, 0.3) is 55.2 Å². The normalized spacial score (nSPS) is 11.6. The molecule has 8 heteroatoms. The first-order valence-electron chi connectivity index (χ1n) is 11.2. The van der Waals surface area contributed by atoms with Gasteiger partial charge >= 0.3 is 0 Å². The summed E-state index contributed by atoms with van der Waals surface area (Å²) < 4.78 is 0. The number of nitrogens with zero attached hydrogens (tertiary/aromatic N) is 4. The molecule has 0 unspecified atom stereocenters. The second kappa shape index (κ2) is 8.07. The van der Waals surface area contributed by atoms with Crippen LogP contribution in [0.15, 0.2) is 61.1 Å². The Hall–Kier alpha value is -4.04. The first-order chi connectivity index (χ1) is 16.5. The van der Waals surface area contributed by atoms with Gasteiger partial charge in [-0.25, -0.2) is 9.97 Å². The van der Waals surface area contributed by atoms with Gasteiger partial charge in [-0.1, -0.05) is 12.1 Å². The molecule has 5 heterocycles. The summed E-state index contributed by atoms with van der Waals surface area (Å²) in [6.07, 6.45) is 5.52. The maximum Gasteiger partial charge on any atom is 0.181 e. The summed E-state index contributed by atoms with van der Waals surface area (Å²) in [6.45, 7) is 6.34. The number of nitrogens with one attached hydrogen (secondary N) is 3. The van der Waals surface area contributed by atoms with Crippen LogP contribution in [-0.2, 0) is 0 Å². The lowest BCUT2D eigenvalue weighted by Crippen LogP contribution is -2.09. The van der Waals surface area contributed by atoms with E-state index in [2.05, 4.69) is 93.7 Å². The Morgan fingerprint density at radius 2 is 1.88 bits per heavy atom. The Balaban J connectivity index is 1.45. The minimum Gasteiger partial charge on any atom is -0.382 e. The summed E-state index contributed by atoms with van der Waals surface area (Å²) >= 11 is 1.77. The maximum absolute atomic E-state index is 4.97. The highest BCUT2D eigenvalue weighted by molar-refractivity contribution is 7.15. The monoisotopic (exact) mass is 465 g/mol. The van der Waals surface area contributed by atoms with E-state index in [9.17, 15) is 0 Å². The zero-order chi connectivity index (χ0) is 23.2. The first-order valence-corrected chi connectivity index (χ1v) is 12.0. The topological polar surface area (TPSA) is 95.2 Å². The van der Waals surface area contributed by atoms with Gasteiger partial charge in [0.05, 0.1) is 22.1 Å². The van der Waals surface area contributed by atoms with Crippen molar-refractivity contribution in [3.05, 3.63) is 65.9 Å². The molecule has 0 saturated carbocycles. The molecule has 0 aliphatic heterocycles. The van der Waals surface area contributed by atoms with E-state index in [-0.39, 0.29) is 0 Å².